The van der Waals surface area contributed by atoms with Crippen molar-refractivity contribution >= 4 is 29.1 Å². The number of aromatic nitrogens is 4. The molecule has 2 fully saturated rings. The van der Waals surface area contributed by atoms with E-state index in [1.54, 1.807) is 26.6 Å². The van der Waals surface area contributed by atoms with Gasteiger partial charge < -0.3 is 20.1 Å². The van der Waals surface area contributed by atoms with Crippen molar-refractivity contribution in [2.24, 2.45) is 5.92 Å². The van der Waals surface area contributed by atoms with Gasteiger partial charge in [-0.05, 0) is 6.42 Å². The Bertz CT molecular complexity index is 1810. The number of nitriles is 1. The van der Waals surface area contributed by atoms with Crippen molar-refractivity contribution in [3.63, 3.8) is 0 Å². The van der Waals surface area contributed by atoms with Crippen LogP contribution in [0.5, 0.6) is 11.8 Å². The fraction of sp³-hybridized carbons (Fsp3) is 0.333. The quantitative estimate of drug-likeness (QED) is 0.228. The number of methoxy groups -OCH3 is 2. The summed E-state index contributed by atoms with van der Waals surface area (Å²) in [5, 5.41) is 16.3. The van der Waals surface area contributed by atoms with Gasteiger partial charge in [-0.1, -0.05) is 59.6 Å². The number of carbonyl (C=O) groups is 1. The molecule has 4 aromatic rings. The van der Waals surface area contributed by atoms with Crippen molar-refractivity contribution in [2.75, 3.05) is 33.9 Å². The Kier molecular flexibility index (Phi) is 9.61. The van der Waals surface area contributed by atoms with Crippen molar-refractivity contribution in [1.29, 1.82) is 5.26 Å². The molecule has 0 saturated carbocycles. The lowest BCUT2D eigenvalue weighted by Crippen LogP contribution is -2.45. The molecule has 236 valence electrons. The zero-order chi connectivity index (χ0) is 32.2. The van der Waals surface area contributed by atoms with Crippen LogP contribution in [0.3, 0.4) is 0 Å². The smallest absolute Gasteiger partial charge is 0.237 e. The number of carbonyl (C=O) groups excluding carboxylic acids is 1. The second kappa shape index (κ2) is 14.0. The van der Waals surface area contributed by atoms with Gasteiger partial charge in [0.2, 0.25) is 17.7 Å². The lowest BCUT2D eigenvalue weighted by Gasteiger charge is -2.34. The highest BCUT2D eigenvalue weighted by molar-refractivity contribution is 6.39. The van der Waals surface area contributed by atoms with E-state index in [0.29, 0.717) is 94.9 Å². The van der Waals surface area contributed by atoms with Gasteiger partial charge in [-0.25, -0.2) is 9.97 Å². The third kappa shape index (κ3) is 6.62. The number of halogens is 2. The molecule has 0 spiro atoms. The molecular formula is C33H32Cl2N8O3. The number of hydrogen-bond acceptors (Lipinski definition) is 10. The molecule has 2 aromatic carbocycles. The van der Waals surface area contributed by atoms with E-state index in [1.165, 1.54) is 0 Å². The third-order valence-corrected chi connectivity index (χ3v) is 8.94. The first kappa shape index (κ1) is 31.6. The molecule has 4 heterocycles. The molecule has 2 aliphatic heterocycles. The predicted molar refractivity (Wildman–Crippen MR) is 174 cm³/mol. The summed E-state index contributed by atoms with van der Waals surface area (Å²) in [6.45, 7) is 3.04. The van der Waals surface area contributed by atoms with E-state index < -0.39 is 0 Å². The first-order chi connectivity index (χ1) is 22.4. The summed E-state index contributed by atoms with van der Waals surface area (Å²) in [7, 11) is 3.12. The molecule has 11 nitrogen and oxygen atoms in total. The summed E-state index contributed by atoms with van der Waals surface area (Å²) in [5.74, 6) is 0.936. The van der Waals surface area contributed by atoms with Gasteiger partial charge in [0.05, 0.1) is 60.0 Å². The lowest BCUT2D eigenvalue weighted by molar-refractivity contribution is -0.119. The summed E-state index contributed by atoms with van der Waals surface area (Å²) in [6.07, 6.45) is 4.72. The average molecular weight is 660 g/mol. The zero-order valence-corrected chi connectivity index (χ0v) is 26.9. The van der Waals surface area contributed by atoms with E-state index in [1.807, 2.05) is 36.4 Å². The Morgan fingerprint density at radius 3 is 2.04 bits per heavy atom. The van der Waals surface area contributed by atoms with Crippen molar-refractivity contribution in [2.45, 2.75) is 32.0 Å². The summed E-state index contributed by atoms with van der Waals surface area (Å²) in [6, 6.07) is 13.7. The van der Waals surface area contributed by atoms with Crippen LogP contribution in [0, 0.1) is 17.2 Å². The number of ether oxygens (including phenoxy) is 2. The van der Waals surface area contributed by atoms with E-state index in [-0.39, 0.29) is 17.9 Å². The summed E-state index contributed by atoms with van der Waals surface area (Å²) in [5.41, 5.74) is 5.27. The maximum Gasteiger partial charge on any atom is 0.237 e. The third-order valence-electron chi connectivity index (χ3n) is 8.13. The molecule has 0 bridgehead atoms. The fourth-order valence-corrected chi connectivity index (χ4v) is 6.32. The minimum absolute atomic E-state index is 0.0552. The Morgan fingerprint density at radius 1 is 0.935 bits per heavy atom. The van der Waals surface area contributed by atoms with E-state index in [2.05, 4.69) is 31.6 Å². The Morgan fingerprint density at radius 2 is 1.50 bits per heavy atom. The molecule has 0 radical (unpaired) electrons. The van der Waals surface area contributed by atoms with Crippen LogP contribution >= 0.6 is 23.2 Å². The monoisotopic (exact) mass is 658 g/mol. The predicted octanol–water partition coefficient (Wildman–Crippen LogP) is 4.92. The minimum atomic E-state index is 0.0552. The highest BCUT2D eigenvalue weighted by Gasteiger charge is 2.28. The number of nitrogens with zero attached hydrogens (tertiary/aromatic N) is 6. The second-order valence-electron chi connectivity index (χ2n) is 11.2. The lowest BCUT2D eigenvalue weighted by atomic mass is 9.98. The van der Waals surface area contributed by atoms with Gasteiger partial charge in [0, 0.05) is 67.4 Å². The van der Waals surface area contributed by atoms with Gasteiger partial charge in [-0.15, -0.1) is 0 Å². The Hall–Kier alpha value is -4.34. The van der Waals surface area contributed by atoms with Gasteiger partial charge in [-0.2, -0.15) is 5.26 Å². The second-order valence-corrected chi connectivity index (χ2v) is 12.0. The van der Waals surface area contributed by atoms with Crippen LogP contribution in [-0.4, -0.2) is 70.6 Å². The van der Waals surface area contributed by atoms with Crippen LogP contribution in [0.1, 0.15) is 24.2 Å². The molecule has 6 rings (SSSR count). The molecule has 2 saturated heterocycles. The first-order valence-electron chi connectivity index (χ1n) is 14.9. The van der Waals surface area contributed by atoms with Gasteiger partial charge in [0.25, 0.3) is 0 Å². The van der Waals surface area contributed by atoms with Crippen LogP contribution in [-0.2, 0) is 17.9 Å². The molecular weight excluding hydrogens is 627 g/mol. The van der Waals surface area contributed by atoms with Crippen LogP contribution in [0.2, 0.25) is 10.0 Å². The van der Waals surface area contributed by atoms with Gasteiger partial charge in [-0.3, -0.25) is 19.7 Å². The molecule has 2 aliphatic rings. The molecule has 2 aromatic heterocycles. The SMILES string of the molecule is COc1nc(-c2cccc(-c3cccc(-c4cnc(CN5CC(C#N)C5)c(OC)n4)c3Cl)c2Cl)cnc1CNC[C@@H]1CCC(=O)N1. The average Bonchev–Trinajstić information content (AvgIpc) is 3.47. The number of likely N-dealkylation sites (tertiary alicyclic amines) is 1. The molecule has 0 unspecified atom stereocenters. The van der Waals surface area contributed by atoms with Crippen LogP contribution in [0.25, 0.3) is 33.6 Å². The molecule has 1 atom stereocenters. The standard InChI is InChI=1S/C33H32Cl2N8O3/c1-45-32-27(13-37-12-20-9-10-29(44)40-20)38-14-25(41-32)23-7-3-5-21(30(23)34)22-6-4-8-24(31(22)35)26-15-39-28(33(42-26)46-2)18-43-16-19(11-36)17-43/h3-8,14-15,19-20,37H,9-10,12-13,16-18H2,1-2H3,(H,40,44)/t20-/m0/s1. The van der Waals surface area contributed by atoms with E-state index >= 15 is 0 Å². The van der Waals surface area contributed by atoms with Gasteiger partial charge >= 0.3 is 0 Å². The van der Waals surface area contributed by atoms with E-state index in [4.69, 9.17) is 47.9 Å². The number of hydrogen-bond donors (Lipinski definition) is 2. The summed E-state index contributed by atoms with van der Waals surface area (Å²) >= 11 is 14.0. The molecule has 0 aliphatic carbocycles. The maximum absolute atomic E-state index is 11.5. The maximum atomic E-state index is 11.5. The summed E-state index contributed by atoms with van der Waals surface area (Å²) in [4.78, 5) is 32.3. The molecule has 46 heavy (non-hydrogen) atoms. The van der Waals surface area contributed by atoms with Crippen LogP contribution < -0.4 is 20.1 Å². The largest absolute Gasteiger partial charge is 0.480 e. The van der Waals surface area contributed by atoms with Crippen molar-refractivity contribution < 1.29 is 14.3 Å². The fourth-order valence-electron chi connectivity index (χ4n) is 5.67. The van der Waals surface area contributed by atoms with Crippen molar-refractivity contribution in [3.8, 4) is 51.5 Å². The molecule has 13 heteroatoms. The summed E-state index contributed by atoms with van der Waals surface area (Å²) < 4.78 is 11.1. The van der Waals surface area contributed by atoms with E-state index in [0.717, 1.165) is 17.5 Å². The minimum Gasteiger partial charge on any atom is -0.480 e. The highest BCUT2D eigenvalue weighted by atomic mass is 35.5. The first-order valence-corrected chi connectivity index (χ1v) is 15.6. The number of rotatable bonds is 11. The van der Waals surface area contributed by atoms with Gasteiger partial charge in [0.15, 0.2) is 0 Å². The van der Waals surface area contributed by atoms with Crippen LogP contribution in [0.4, 0.5) is 0 Å². The Balaban J connectivity index is 1.24. The molecule has 1 amide bonds. The molecule has 2 N–H and O–H groups in total. The normalized spacial score (nSPS) is 16.5. The van der Waals surface area contributed by atoms with Crippen molar-refractivity contribution in [3.05, 3.63) is 70.2 Å². The van der Waals surface area contributed by atoms with Gasteiger partial charge in [0.1, 0.15) is 11.4 Å². The number of benzene rings is 2. The number of nitrogens with one attached hydrogen (secondary N) is 2. The van der Waals surface area contributed by atoms with E-state index in [9.17, 15) is 4.79 Å². The Labute approximate surface area is 276 Å². The van der Waals surface area contributed by atoms with Crippen LogP contribution in [0.15, 0.2) is 48.8 Å². The highest BCUT2D eigenvalue weighted by Crippen LogP contribution is 2.42. The number of amides is 1. The van der Waals surface area contributed by atoms with Crippen molar-refractivity contribution in [1.82, 2.24) is 35.5 Å². The zero-order valence-electron chi connectivity index (χ0n) is 25.4. The topological polar surface area (TPSA) is 138 Å².